The molecule has 0 spiro atoms. The Morgan fingerprint density at radius 1 is 1.25 bits per heavy atom. The summed E-state index contributed by atoms with van der Waals surface area (Å²) in [6, 6.07) is 9.28. The Bertz CT molecular complexity index is 1440. The van der Waals surface area contributed by atoms with Crippen molar-refractivity contribution in [1.29, 1.82) is 0 Å². The van der Waals surface area contributed by atoms with Crippen molar-refractivity contribution in [3.05, 3.63) is 70.1 Å². The topological polar surface area (TPSA) is 145 Å². The molecule has 1 atom stereocenters. The van der Waals surface area contributed by atoms with Gasteiger partial charge in [-0.2, -0.15) is 13.5 Å². The largest absolute Gasteiger partial charge is 0.465 e. The van der Waals surface area contributed by atoms with Crippen molar-refractivity contribution in [3.8, 4) is 11.3 Å². The van der Waals surface area contributed by atoms with Gasteiger partial charge in [0.1, 0.15) is 11.5 Å². The van der Waals surface area contributed by atoms with E-state index in [9.17, 15) is 27.5 Å². The maximum atomic E-state index is 13.7. The number of primary amides is 1. The molecule has 2 amide bonds. The maximum Gasteiger partial charge on any atom is 0.407 e. The Kier molecular flexibility index (Phi) is 7.03. The number of benzene rings is 2. The van der Waals surface area contributed by atoms with E-state index in [1.54, 1.807) is 12.1 Å². The van der Waals surface area contributed by atoms with Gasteiger partial charge in [0.25, 0.3) is 16.0 Å². The average Bonchev–Trinajstić information content (AvgIpc) is 3.21. The summed E-state index contributed by atoms with van der Waals surface area (Å²) in [7, 11) is -4.04. The molecule has 4 rings (SSSR count). The third-order valence-electron chi connectivity index (χ3n) is 5.84. The number of nitrogens with two attached hydrogens (primary N) is 1. The minimum atomic E-state index is -4.04. The molecule has 0 saturated heterocycles. The van der Waals surface area contributed by atoms with Gasteiger partial charge in [0, 0.05) is 12.1 Å². The number of hydrogen-bond acceptors (Lipinski definition) is 6. The second-order valence-corrected chi connectivity index (χ2v) is 10.3. The van der Waals surface area contributed by atoms with E-state index < -0.39 is 34.0 Å². The van der Waals surface area contributed by atoms with Crippen LogP contribution in [0.3, 0.4) is 0 Å². The smallest absolute Gasteiger partial charge is 0.407 e. The van der Waals surface area contributed by atoms with E-state index >= 15 is 0 Å². The minimum Gasteiger partial charge on any atom is -0.465 e. The van der Waals surface area contributed by atoms with Crippen LogP contribution in [0.25, 0.3) is 11.3 Å². The number of rotatable bonds is 7. The van der Waals surface area contributed by atoms with E-state index in [0.717, 1.165) is 16.5 Å². The fraction of sp³-hybridized carbons (Fsp3) is 0.261. The molecule has 0 saturated carbocycles. The van der Waals surface area contributed by atoms with Crippen molar-refractivity contribution in [2.24, 2.45) is 5.73 Å². The highest BCUT2D eigenvalue weighted by molar-refractivity contribution is 7.86. The van der Waals surface area contributed by atoms with Crippen molar-refractivity contribution in [2.75, 3.05) is 13.2 Å². The first kappa shape index (κ1) is 25.6. The highest BCUT2D eigenvalue weighted by Gasteiger charge is 2.35. The number of carbonyl (C=O) groups is 2. The van der Waals surface area contributed by atoms with Crippen LogP contribution in [0.15, 0.2) is 47.4 Å². The Balaban J connectivity index is 1.66. The zero-order valence-corrected chi connectivity index (χ0v) is 20.6. The van der Waals surface area contributed by atoms with Crippen molar-refractivity contribution >= 4 is 33.7 Å². The van der Waals surface area contributed by atoms with Gasteiger partial charge in [-0.25, -0.2) is 9.18 Å². The molecule has 2 aromatic carbocycles. The van der Waals surface area contributed by atoms with E-state index in [0.29, 0.717) is 5.56 Å². The summed E-state index contributed by atoms with van der Waals surface area (Å²) in [4.78, 5) is 25.2. The van der Waals surface area contributed by atoms with E-state index in [1.165, 1.54) is 28.9 Å². The predicted octanol–water partition coefficient (Wildman–Crippen LogP) is 3.58. The fourth-order valence-corrected chi connectivity index (χ4v) is 5.13. The Hall–Kier alpha value is -3.48. The quantitative estimate of drug-likeness (QED) is 0.439. The van der Waals surface area contributed by atoms with Crippen LogP contribution in [-0.2, 0) is 20.8 Å². The van der Waals surface area contributed by atoms with Gasteiger partial charge in [-0.05, 0) is 43.7 Å². The molecule has 0 bridgehead atoms. The van der Waals surface area contributed by atoms with Gasteiger partial charge >= 0.3 is 6.09 Å². The SMILES string of the molecule is Cc1ccc(S(=O)(=O)OCCC2CN(C(=O)O)Cc3c(C(N)=O)c(-c4ccc(F)c(Cl)c4)nn32)cc1. The van der Waals surface area contributed by atoms with Crippen molar-refractivity contribution in [3.63, 3.8) is 0 Å². The molecule has 3 N–H and O–H groups in total. The lowest BCUT2D eigenvalue weighted by atomic mass is 10.0. The summed E-state index contributed by atoms with van der Waals surface area (Å²) >= 11 is 5.90. The molecule has 190 valence electrons. The van der Waals surface area contributed by atoms with Gasteiger partial charge in [-0.1, -0.05) is 29.3 Å². The van der Waals surface area contributed by atoms with Gasteiger partial charge in [-0.15, -0.1) is 0 Å². The molecule has 0 fully saturated rings. The van der Waals surface area contributed by atoms with Crippen LogP contribution < -0.4 is 5.73 Å². The van der Waals surface area contributed by atoms with Crippen molar-refractivity contribution in [2.45, 2.75) is 30.8 Å². The van der Waals surface area contributed by atoms with Crippen LogP contribution in [0.4, 0.5) is 9.18 Å². The third-order valence-corrected chi connectivity index (χ3v) is 7.45. The molecule has 36 heavy (non-hydrogen) atoms. The summed E-state index contributed by atoms with van der Waals surface area (Å²) in [6.45, 7) is 1.36. The standard InChI is InChI=1S/C23H22ClFN4O6S/c1-13-2-5-16(6-3-13)36(33,34)35-9-8-15-11-28(23(31)32)12-19-20(22(26)30)21(27-29(15)19)14-4-7-18(25)17(24)10-14/h2-7,10,15H,8-9,11-12H2,1H3,(H2,26,30)(H,31,32). The monoisotopic (exact) mass is 536 g/mol. The predicted molar refractivity (Wildman–Crippen MR) is 128 cm³/mol. The van der Waals surface area contributed by atoms with E-state index in [2.05, 4.69) is 5.10 Å². The summed E-state index contributed by atoms with van der Waals surface area (Å²) in [5.74, 6) is -1.51. The van der Waals surface area contributed by atoms with Crippen LogP contribution in [0, 0.1) is 12.7 Å². The number of halogens is 2. The summed E-state index contributed by atoms with van der Waals surface area (Å²) in [5, 5.41) is 13.9. The number of amides is 2. The molecule has 3 aromatic rings. The summed E-state index contributed by atoms with van der Waals surface area (Å²) < 4.78 is 45.4. The number of aryl methyl sites for hydroxylation is 1. The molecule has 2 heterocycles. The molecule has 10 nitrogen and oxygen atoms in total. The third kappa shape index (κ3) is 5.06. The molecule has 1 aromatic heterocycles. The van der Waals surface area contributed by atoms with Crippen molar-refractivity contribution < 1.29 is 31.7 Å². The molecular formula is C23H22ClFN4O6S. The van der Waals surface area contributed by atoms with Crippen LogP contribution >= 0.6 is 11.6 Å². The van der Waals surface area contributed by atoms with Gasteiger partial charge in [-0.3, -0.25) is 13.7 Å². The summed E-state index contributed by atoms with van der Waals surface area (Å²) in [6.07, 6.45) is -1.17. The van der Waals surface area contributed by atoms with E-state index in [-0.39, 0.29) is 53.0 Å². The fourth-order valence-electron chi connectivity index (χ4n) is 4.03. The highest BCUT2D eigenvalue weighted by Crippen LogP contribution is 2.34. The number of hydrogen-bond donors (Lipinski definition) is 2. The zero-order valence-electron chi connectivity index (χ0n) is 19.0. The number of carboxylic acid groups (broad SMARTS) is 1. The lowest BCUT2D eigenvalue weighted by Crippen LogP contribution is -2.41. The van der Waals surface area contributed by atoms with Gasteiger partial charge in [0.05, 0.1) is 40.4 Å². The van der Waals surface area contributed by atoms with E-state index in [1.807, 2.05) is 6.92 Å². The average molecular weight is 537 g/mol. The number of carbonyl (C=O) groups excluding carboxylic acids is 1. The molecule has 1 aliphatic rings. The van der Waals surface area contributed by atoms with Crippen LogP contribution in [0.5, 0.6) is 0 Å². The Morgan fingerprint density at radius 3 is 2.56 bits per heavy atom. The molecule has 0 radical (unpaired) electrons. The molecule has 1 aliphatic heterocycles. The van der Waals surface area contributed by atoms with Crippen LogP contribution in [-0.4, -0.2) is 53.4 Å². The molecule has 0 aliphatic carbocycles. The lowest BCUT2D eigenvalue weighted by molar-refractivity contribution is 0.0985. The van der Waals surface area contributed by atoms with Gasteiger partial charge in [0.15, 0.2) is 0 Å². The first-order valence-electron chi connectivity index (χ1n) is 10.8. The number of aromatic nitrogens is 2. The first-order valence-corrected chi connectivity index (χ1v) is 12.6. The minimum absolute atomic E-state index is 0.00447. The Labute approximate surface area is 211 Å². The second-order valence-electron chi connectivity index (χ2n) is 8.30. The molecular weight excluding hydrogens is 515 g/mol. The van der Waals surface area contributed by atoms with Crippen LogP contribution in [0.2, 0.25) is 5.02 Å². The number of fused-ring (bicyclic) bond motifs is 1. The van der Waals surface area contributed by atoms with Crippen molar-refractivity contribution in [1.82, 2.24) is 14.7 Å². The maximum absolute atomic E-state index is 13.7. The van der Waals surface area contributed by atoms with Gasteiger partial charge < -0.3 is 15.7 Å². The Morgan fingerprint density at radius 2 is 1.94 bits per heavy atom. The number of nitrogens with zero attached hydrogens (tertiary/aromatic N) is 3. The highest BCUT2D eigenvalue weighted by atomic mass is 35.5. The van der Waals surface area contributed by atoms with E-state index in [4.69, 9.17) is 21.5 Å². The second kappa shape index (κ2) is 9.88. The first-order chi connectivity index (χ1) is 17.0. The van der Waals surface area contributed by atoms with Crippen LogP contribution in [0.1, 0.15) is 34.1 Å². The lowest BCUT2D eigenvalue weighted by Gasteiger charge is -2.32. The zero-order chi connectivity index (χ0) is 26.2. The summed E-state index contributed by atoms with van der Waals surface area (Å²) in [5.41, 5.74) is 7.15. The molecule has 13 heteroatoms. The molecule has 1 unspecified atom stereocenters. The van der Waals surface area contributed by atoms with Gasteiger partial charge in [0.2, 0.25) is 0 Å². The normalized spacial score (nSPS) is 15.5.